The van der Waals surface area contributed by atoms with Crippen molar-refractivity contribution >= 4 is 11.9 Å². The highest BCUT2D eigenvalue weighted by molar-refractivity contribution is 5.95. The molecule has 1 aliphatic rings. The van der Waals surface area contributed by atoms with Crippen LogP contribution in [0.25, 0.3) is 0 Å². The summed E-state index contributed by atoms with van der Waals surface area (Å²) in [6.07, 6.45) is 0.767. The van der Waals surface area contributed by atoms with Gasteiger partial charge in [0.05, 0.1) is 22.2 Å². The van der Waals surface area contributed by atoms with Gasteiger partial charge in [-0.25, -0.2) is 4.79 Å². The summed E-state index contributed by atoms with van der Waals surface area (Å²) in [6, 6.07) is 6.25. The van der Waals surface area contributed by atoms with Gasteiger partial charge in [-0.2, -0.15) is 13.2 Å². The summed E-state index contributed by atoms with van der Waals surface area (Å²) in [4.78, 5) is 29.2. The van der Waals surface area contributed by atoms with Crippen molar-refractivity contribution in [2.75, 3.05) is 6.61 Å². The monoisotopic (exact) mass is 420 g/mol. The SMILES string of the molecule is CC(C)(COC(=O)c1ccccc1C(F)(F)F)NC(=O)c1cnc2c(c1)CCCC2. The first-order chi connectivity index (χ1) is 14.1. The molecule has 1 aromatic heterocycles. The Kier molecular flexibility index (Phi) is 6.14. The van der Waals surface area contributed by atoms with E-state index in [1.165, 1.54) is 18.3 Å². The molecule has 1 amide bonds. The molecule has 0 saturated heterocycles. The summed E-state index contributed by atoms with van der Waals surface area (Å²) in [5.41, 5.74) is -0.146. The van der Waals surface area contributed by atoms with E-state index in [1.807, 2.05) is 6.07 Å². The summed E-state index contributed by atoms with van der Waals surface area (Å²) >= 11 is 0. The molecule has 0 unspecified atom stereocenters. The molecular formula is C22H23F3N2O3. The Hall–Kier alpha value is -2.90. The van der Waals surface area contributed by atoms with E-state index < -0.39 is 28.8 Å². The van der Waals surface area contributed by atoms with Crippen molar-refractivity contribution in [1.82, 2.24) is 10.3 Å². The Morgan fingerprint density at radius 1 is 1.13 bits per heavy atom. The molecule has 0 radical (unpaired) electrons. The summed E-state index contributed by atoms with van der Waals surface area (Å²) in [5.74, 6) is -1.48. The molecule has 0 bridgehead atoms. The van der Waals surface area contributed by atoms with Crippen molar-refractivity contribution in [2.24, 2.45) is 0 Å². The normalized spacial score (nSPS) is 14.0. The minimum absolute atomic E-state index is 0.290. The highest BCUT2D eigenvalue weighted by atomic mass is 19.4. The van der Waals surface area contributed by atoms with Crippen molar-refractivity contribution in [2.45, 2.75) is 51.2 Å². The van der Waals surface area contributed by atoms with E-state index in [4.69, 9.17) is 4.74 Å². The molecule has 1 heterocycles. The molecule has 5 nitrogen and oxygen atoms in total. The molecule has 8 heteroatoms. The fourth-order valence-electron chi connectivity index (χ4n) is 3.36. The first-order valence-corrected chi connectivity index (χ1v) is 9.70. The van der Waals surface area contributed by atoms with E-state index in [9.17, 15) is 22.8 Å². The van der Waals surface area contributed by atoms with Crippen LogP contribution in [-0.4, -0.2) is 29.0 Å². The molecule has 1 aliphatic carbocycles. The maximum atomic E-state index is 13.1. The number of carbonyl (C=O) groups is 2. The molecule has 1 aromatic carbocycles. The number of nitrogens with one attached hydrogen (secondary N) is 1. The quantitative estimate of drug-likeness (QED) is 0.731. The lowest BCUT2D eigenvalue weighted by Crippen LogP contribution is -2.47. The molecule has 160 valence electrons. The van der Waals surface area contributed by atoms with Crippen molar-refractivity contribution in [1.29, 1.82) is 0 Å². The number of hydrogen-bond donors (Lipinski definition) is 1. The molecule has 2 aromatic rings. The van der Waals surface area contributed by atoms with Crippen LogP contribution in [0.3, 0.4) is 0 Å². The second-order valence-corrected chi connectivity index (χ2v) is 7.99. The number of pyridine rings is 1. The van der Waals surface area contributed by atoms with Crippen LogP contribution in [0.1, 0.15) is 64.2 Å². The van der Waals surface area contributed by atoms with Gasteiger partial charge in [0.15, 0.2) is 0 Å². The molecule has 0 saturated carbocycles. The number of esters is 1. The predicted octanol–water partition coefficient (Wildman–Crippen LogP) is 4.34. The summed E-state index contributed by atoms with van der Waals surface area (Å²) in [6.45, 7) is 2.96. The first kappa shape index (κ1) is 21.8. The average molecular weight is 420 g/mol. The van der Waals surface area contributed by atoms with E-state index in [2.05, 4.69) is 10.3 Å². The molecule has 0 atom stereocenters. The Morgan fingerprint density at radius 2 is 1.83 bits per heavy atom. The highest BCUT2D eigenvalue weighted by Gasteiger charge is 2.35. The van der Waals surface area contributed by atoms with Crippen molar-refractivity contribution in [3.05, 3.63) is 64.5 Å². The summed E-state index contributed by atoms with van der Waals surface area (Å²) in [5, 5.41) is 2.75. The molecule has 0 fully saturated rings. The first-order valence-electron chi connectivity index (χ1n) is 9.70. The van der Waals surface area contributed by atoms with Crippen LogP contribution in [-0.2, 0) is 23.8 Å². The van der Waals surface area contributed by atoms with Crippen LogP contribution in [0.15, 0.2) is 36.5 Å². The minimum Gasteiger partial charge on any atom is -0.460 e. The van der Waals surface area contributed by atoms with Gasteiger partial charge < -0.3 is 10.1 Å². The van der Waals surface area contributed by atoms with Gasteiger partial charge in [0.2, 0.25) is 0 Å². The topological polar surface area (TPSA) is 68.3 Å². The summed E-state index contributed by atoms with van der Waals surface area (Å²) < 4.78 is 44.4. The van der Waals surface area contributed by atoms with E-state index in [1.54, 1.807) is 13.8 Å². The van der Waals surface area contributed by atoms with Crippen LogP contribution < -0.4 is 5.32 Å². The number of ether oxygens (including phenoxy) is 1. The largest absolute Gasteiger partial charge is 0.460 e. The third-order valence-electron chi connectivity index (χ3n) is 4.90. The third-order valence-corrected chi connectivity index (χ3v) is 4.90. The van der Waals surface area contributed by atoms with Crippen LogP contribution in [0.5, 0.6) is 0 Å². The number of nitrogens with zero attached hydrogens (tertiary/aromatic N) is 1. The smallest absolute Gasteiger partial charge is 0.417 e. The van der Waals surface area contributed by atoms with E-state index in [-0.39, 0.29) is 12.5 Å². The van der Waals surface area contributed by atoms with Gasteiger partial charge in [-0.3, -0.25) is 9.78 Å². The number of fused-ring (bicyclic) bond motifs is 1. The second kappa shape index (κ2) is 8.45. The van der Waals surface area contributed by atoms with Gasteiger partial charge in [0.1, 0.15) is 6.61 Å². The zero-order valence-electron chi connectivity index (χ0n) is 16.8. The van der Waals surface area contributed by atoms with Gasteiger partial charge in [-0.05, 0) is 63.3 Å². The minimum atomic E-state index is -4.67. The zero-order chi connectivity index (χ0) is 21.9. The van der Waals surface area contributed by atoms with Gasteiger partial charge in [0.25, 0.3) is 5.91 Å². The number of amides is 1. The number of aryl methyl sites for hydroxylation is 2. The number of carbonyl (C=O) groups excluding carboxylic acids is 2. The lowest BCUT2D eigenvalue weighted by Gasteiger charge is -2.26. The maximum Gasteiger partial charge on any atom is 0.417 e. The number of aromatic nitrogens is 1. The lowest BCUT2D eigenvalue weighted by molar-refractivity contribution is -0.138. The Balaban J connectivity index is 1.64. The Labute approximate surface area is 172 Å². The molecule has 0 spiro atoms. The highest BCUT2D eigenvalue weighted by Crippen LogP contribution is 2.32. The van der Waals surface area contributed by atoms with E-state index in [0.717, 1.165) is 49.1 Å². The van der Waals surface area contributed by atoms with Crippen molar-refractivity contribution < 1.29 is 27.5 Å². The number of benzene rings is 1. The zero-order valence-corrected chi connectivity index (χ0v) is 16.8. The molecule has 0 aliphatic heterocycles. The van der Waals surface area contributed by atoms with Crippen molar-refractivity contribution in [3.63, 3.8) is 0 Å². The summed E-state index contributed by atoms with van der Waals surface area (Å²) in [7, 11) is 0. The Bertz CT molecular complexity index is 955. The van der Waals surface area contributed by atoms with Gasteiger partial charge >= 0.3 is 12.1 Å². The maximum absolute atomic E-state index is 13.1. The van der Waals surface area contributed by atoms with Crippen LogP contribution in [0, 0.1) is 0 Å². The third kappa shape index (κ3) is 5.17. The van der Waals surface area contributed by atoms with Gasteiger partial charge in [0, 0.05) is 11.9 Å². The van der Waals surface area contributed by atoms with Crippen LogP contribution in [0.4, 0.5) is 13.2 Å². The van der Waals surface area contributed by atoms with Gasteiger partial charge in [-0.1, -0.05) is 12.1 Å². The van der Waals surface area contributed by atoms with E-state index in [0.29, 0.717) is 5.56 Å². The van der Waals surface area contributed by atoms with Crippen molar-refractivity contribution in [3.8, 4) is 0 Å². The number of alkyl halides is 3. The molecule has 3 rings (SSSR count). The standard InChI is InChI=1S/C22H23F3N2O3/c1-21(2,13-30-20(29)16-8-4-5-9-17(16)22(23,24)25)27-19(28)15-11-14-7-3-6-10-18(14)26-12-15/h4-5,8-9,11-12H,3,6-7,10,13H2,1-2H3,(H,27,28). The number of halogens is 3. The Morgan fingerprint density at radius 3 is 2.57 bits per heavy atom. The number of hydrogen-bond acceptors (Lipinski definition) is 4. The molecular weight excluding hydrogens is 397 g/mol. The predicted molar refractivity (Wildman–Crippen MR) is 104 cm³/mol. The fourth-order valence-corrected chi connectivity index (χ4v) is 3.36. The average Bonchev–Trinajstić information content (AvgIpc) is 2.70. The second-order valence-electron chi connectivity index (χ2n) is 7.99. The van der Waals surface area contributed by atoms with Gasteiger partial charge in [-0.15, -0.1) is 0 Å². The molecule has 30 heavy (non-hydrogen) atoms. The lowest BCUT2D eigenvalue weighted by atomic mass is 9.95. The fraction of sp³-hybridized carbons (Fsp3) is 0.409. The van der Waals surface area contributed by atoms with Crippen LogP contribution in [0.2, 0.25) is 0 Å². The number of rotatable bonds is 5. The van der Waals surface area contributed by atoms with Crippen LogP contribution >= 0.6 is 0 Å². The van der Waals surface area contributed by atoms with E-state index >= 15 is 0 Å². The molecule has 1 N–H and O–H groups in total.